The van der Waals surface area contributed by atoms with Crippen molar-refractivity contribution in [2.24, 2.45) is 0 Å². The van der Waals surface area contributed by atoms with Crippen LogP contribution in [0.25, 0.3) is 6.08 Å². The Labute approximate surface area is 63.0 Å². The Hall–Kier alpha value is -0.975. The molecule has 0 N–H and O–H groups in total. The lowest BCUT2D eigenvalue weighted by atomic mass is 9.89. The molecule has 0 saturated carbocycles. The van der Waals surface area contributed by atoms with E-state index in [-0.39, 0.29) is 0 Å². The largest absolute Gasteiger partial charge is 0.114 e. The quantitative estimate of drug-likeness (QED) is 0.502. The lowest BCUT2D eigenvalue weighted by molar-refractivity contribution is 1.49. The molecule has 0 aliphatic heterocycles. The summed E-state index contributed by atoms with van der Waals surface area (Å²) in [5.74, 6) is 0. The second-order valence-electron chi connectivity index (χ2n) is 2.27. The van der Waals surface area contributed by atoms with Crippen LogP contribution >= 0.6 is 0 Å². The van der Waals surface area contributed by atoms with E-state index in [1.807, 2.05) is 31.2 Å². The standard InChI is InChI=1S/C9H9B/c1-3-8-5-4-6-9(10)7(8)2/h3-6H,1H2,2H3. The first-order chi connectivity index (χ1) is 4.75. The summed E-state index contributed by atoms with van der Waals surface area (Å²) in [4.78, 5) is 0. The summed E-state index contributed by atoms with van der Waals surface area (Å²) in [7, 11) is 5.65. The predicted molar refractivity (Wildman–Crippen MR) is 46.7 cm³/mol. The molecule has 0 nitrogen and oxygen atoms in total. The highest BCUT2D eigenvalue weighted by Gasteiger charge is 1.93. The smallest absolute Gasteiger partial charge is 0.0985 e. The lowest BCUT2D eigenvalue weighted by Crippen LogP contribution is -2.07. The monoisotopic (exact) mass is 128 g/mol. The molecule has 1 rings (SSSR count). The highest BCUT2D eigenvalue weighted by Crippen LogP contribution is 2.04. The van der Waals surface area contributed by atoms with Crippen molar-refractivity contribution in [1.82, 2.24) is 0 Å². The predicted octanol–water partition coefficient (Wildman–Crippen LogP) is 1.43. The van der Waals surface area contributed by atoms with Gasteiger partial charge < -0.3 is 0 Å². The van der Waals surface area contributed by atoms with Gasteiger partial charge in [-0.05, 0) is 12.5 Å². The maximum Gasteiger partial charge on any atom is 0.114 e. The third-order valence-corrected chi connectivity index (χ3v) is 1.64. The van der Waals surface area contributed by atoms with E-state index in [1.165, 1.54) is 0 Å². The van der Waals surface area contributed by atoms with Gasteiger partial charge in [0.25, 0.3) is 0 Å². The zero-order valence-electron chi connectivity index (χ0n) is 6.09. The molecule has 48 valence electrons. The van der Waals surface area contributed by atoms with E-state index in [0.717, 1.165) is 16.6 Å². The number of rotatable bonds is 1. The van der Waals surface area contributed by atoms with E-state index in [9.17, 15) is 0 Å². The third kappa shape index (κ3) is 1.13. The summed E-state index contributed by atoms with van der Waals surface area (Å²) in [6.45, 7) is 5.67. The van der Waals surface area contributed by atoms with Crippen LogP contribution in [0.5, 0.6) is 0 Å². The minimum Gasteiger partial charge on any atom is -0.0985 e. The van der Waals surface area contributed by atoms with Crippen molar-refractivity contribution in [2.75, 3.05) is 0 Å². The van der Waals surface area contributed by atoms with Gasteiger partial charge in [0.05, 0.1) is 0 Å². The van der Waals surface area contributed by atoms with Crippen molar-refractivity contribution < 1.29 is 0 Å². The lowest BCUT2D eigenvalue weighted by Gasteiger charge is -2.02. The zero-order valence-corrected chi connectivity index (χ0v) is 6.09. The summed E-state index contributed by atoms with van der Waals surface area (Å²) >= 11 is 0. The molecule has 0 unspecified atom stereocenters. The van der Waals surface area contributed by atoms with Gasteiger partial charge in [0.15, 0.2) is 0 Å². The SMILES string of the molecule is [B]c1cccc(C=C)c1C. The average Bonchev–Trinajstić information content (AvgIpc) is 1.95. The highest BCUT2D eigenvalue weighted by molar-refractivity contribution is 6.33. The fourth-order valence-electron chi connectivity index (χ4n) is 0.893. The van der Waals surface area contributed by atoms with E-state index in [0.29, 0.717) is 0 Å². The van der Waals surface area contributed by atoms with Crippen molar-refractivity contribution >= 4 is 19.4 Å². The molecule has 0 fully saturated rings. The molecule has 2 radical (unpaired) electrons. The van der Waals surface area contributed by atoms with E-state index in [2.05, 4.69) is 6.58 Å². The molecule has 0 aliphatic carbocycles. The average molecular weight is 128 g/mol. The van der Waals surface area contributed by atoms with E-state index >= 15 is 0 Å². The Morgan fingerprint density at radius 1 is 1.50 bits per heavy atom. The Morgan fingerprint density at radius 2 is 2.20 bits per heavy atom. The molecule has 10 heavy (non-hydrogen) atoms. The van der Waals surface area contributed by atoms with Gasteiger partial charge in [0.2, 0.25) is 0 Å². The maximum absolute atomic E-state index is 5.65. The molecule has 1 aromatic carbocycles. The molecule has 0 spiro atoms. The van der Waals surface area contributed by atoms with Gasteiger partial charge in [-0.2, -0.15) is 0 Å². The van der Waals surface area contributed by atoms with Crippen LogP contribution in [0.2, 0.25) is 0 Å². The normalized spacial score (nSPS) is 9.30. The number of benzene rings is 1. The summed E-state index contributed by atoms with van der Waals surface area (Å²) in [6.07, 6.45) is 1.81. The van der Waals surface area contributed by atoms with Crippen molar-refractivity contribution in [3.63, 3.8) is 0 Å². The summed E-state index contributed by atoms with van der Waals surface area (Å²) in [5, 5.41) is 0. The van der Waals surface area contributed by atoms with Gasteiger partial charge in [-0.25, -0.2) is 0 Å². The van der Waals surface area contributed by atoms with Crippen molar-refractivity contribution in [1.29, 1.82) is 0 Å². The molecule has 0 aromatic heterocycles. The van der Waals surface area contributed by atoms with E-state index < -0.39 is 0 Å². The molecule has 1 heteroatoms. The van der Waals surface area contributed by atoms with Crippen LogP contribution in [0, 0.1) is 6.92 Å². The summed E-state index contributed by atoms with van der Waals surface area (Å²) < 4.78 is 0. The van der Waals surface area contributed by atoms with E-state index in [1.54, 1.807) is 0 Å². The van der Waals surface area contributed by atoms with Gasteiger partial charge >= 0.3 is 0 Å². The second-order valence-corrected chi connectivity index (χ2v) is 2.27. The molecule has 0 saturated heterocycles. The molecule has 0 atom stereocenters. The highest BCUT2D eigenvalue weighted by atomic mass is 14.0. The fourth-order valence-corrected chi connectivity index (χ4v) is 0.893. The first kappa shape index (κ1) is 7.14. The summed E-state index contributed by atoms with van der Waals surface area (Å²) in [5.41, 5.74) is 3.05. The summed E-state index contributed by atoms with van der Waals surface area (Å²) in [6, 6.07) is 5.82. The van der Waals surface area contributed by atoms with Crippen molar-refractivity contribution in [2.45, 2.75) is 6.92 Å². The van der Waals surface area contributed by atoms with Gasteiger partial charge in [-0.3, -0.25) is 0 Å². The fraction of sp³-hybridized carbons (Fsp3) is 0.111. The van der Waals surface area contributed by atoms with Gasteiger partial charge in [-0.15, -0.1) is 0 Å². The number of hydrogen-bond donors (Lipinski definition) is 0. The van der Waals surface area contributed by atoms with Crippen LogP contribution in [0.15, 0.2) is 24.8 Å². The topological polar surface area (TPSA) is 0 Å². The first-order valence-electron chi connectivity index (χ1n) is 3.23. The minimum atomic E-state index is 0.831. The van der Waals surface area contributed by atoms with Crippen LogP contribution in [-0.4, -0.2) is 7.85 Å². The van der Waals surface area contributed by atoms with Crippen LogP contribution in [-0.2, 0) is 0 Å². The van der Waals surface area contributed by atoms with Crippen LogP contribution in [0.3, 0.4) is 0 Å². The first-order valence-corrected chi connectivity index (χ1v) is 3.23. The van der Waals surface area contributed by atoms with Crippen LogP contribution in [0.4, 0.5) is 0 Å². The van der Waals surface area contributed by atoms with Crippen molar-refractivity contribution in [3.05, 3.63) is 35.9 Å². The van der Waals surface area contributed by atoms with Gasteiger partial charge in [-0.1, -0.05) is 41.9 Å². The van der Waals surface area contributed by atoms with Crippen LogP contribution < -0.4 is 5.46 Å². The molecule has 1 aromatic rings. The van der Waals surface area contributed by atoms with Gasteiger partial charge in [0, 0.05) is 0 Å². The maximum atomic E-state index is 5.65. The number of hydrogen-bond acceptors (Lipinski definition) is 0. The Bertz CT molecular complexity index is 251. The van der Waals surface area contributed by atoms with Crippen molar-refractivity contribution in [3.8, 4) is 0 Å². The molecule has 0 bridgehead atoms. The van der Waals surface area contributed by atoms with E-state index in [4.69, 9.17) is 7.85 Å². The molecule has 0 heterocycles. The molecule has 0 amide bonds. The van der Waals surface area contributed by atoms with Crippen LogP contribution in [0.1, 0.15) is 11.1 Å². The Morgan fingerprint density at radius 3 is 2.70 bits per heavy atom. The molecular weight excluding hydrogens is 119 g/mol. The molecule has 0 aliphatic rings. The van der Waals surface area contributed by atoms with Gasteiger partial charge in [0.1, 0.15) is 7.85 Å². The molecular formula is C9H9B. The third-order valence-electron chi connectivity index (χ3n) is 1.64. The Balaban J connectivity index is 3.27. The zero-order chi connectivity index (χ0) is 7.56. The second kappa shape index (κ2) is 2.74. The Kier molecular flexibility index (Phi) is 1.95. The minimum absolute atomic E-state index is 0.831.